The summed E-state index contributed by atoms with van der Waals surface area (Å²) in [7, 11) is 0. The molecule has 3 aliphatic rings. The molecule has 3 rings (SSSR count). The summed E-state index contributed by atoms with van der Waals surface area (Å²) in [5.74, 6) is 0.560. The molecule has 0 unspecified atom stereocenters. The van der Waals surface area contributed by atoms with Crippen molar-refractivity contribution in [3.05, 3.63) is 0 Å². The molecule has 2 aliphatic heterocycles. The molecule has 1 aliphatic carbocycles. The average Bonchev–Trinajstić information content (AvgIpc) is 2.56. The van der Waals surface area contributed by atoms with Crippen molar-refractivity contribution < 1.29 is 14.3 Å². The molecule has 1 saturated carbocycles. The molecule has 0 aromatic heterocycles. The van der Waals surface area contributed by atoms with Gasteiger partial charge in [0, 0.05) is 32.2 Å². The van der Waals surface area contributed by atoms with Crippen molar-refractivity contribution in [1.29, 1.82) is 0 Å². The highest BCUT2D eigenvalue weighted by molar-refractivity contribution is 5.79. The van der Waals surface area contributed by atoms with Crippen LogP contribution in [0.4, 0.5) is 0 Å². The van der Waals surface area contributed by atoms with Crippen molar-refractivity contribution in [3.63, 3.8) is 0 Å². The third-order valence-corrected chi connectivity index (χ3v) is 4.88. The predicted octanol–water partition coefficient (Wildman–Crippen LogP) is 0.736. The molecule has 0 spiro atoms. The van der Waals surface area contributed by atoms with Crippen LogP contribution in [-0.2, 0) is 14.3 Å². The zero-order valence-electron chi connectivity index (χ0n) is 12.3. The van der Waals surface area contributed by atoms with Gasteiger partial charge < -0.3 is 14.4 Å². The maximum absolute atomic E-state index is 12.8. The molecule has 3 fully saturated rings. The number of hydrogen-bond acceptors (Lipinski definition) is 4. The first kappa shape index (κ1) is 14.3. The highest BCUT2D eigenvalue weighted by Gasteiger charge is 2.37. The highest BCUT2D eigenvalue weighted by Crippen LogP contribution is 2.30. The number of ether oxygens (including phenoxy) is 2. The Morgan fingerprint density at radius 3 is 2.15 bits per heavy atom. The Morgan fingerprint density at radius 2 is 1.45 bits per heavy atom. The smallest absolute Gasteiger partial charge is 0.227 e. The summed E-state index contributed by atoms with van der Waals surface area (Å²) < 4.78 is 10.8. The minimum atomic E-state index is 0.194. The Balaban J connectivity index is 1.65. The molecule has 20 heavy (non-hydrogen) atoms. The summed E-state index contributed by atoms with van der Waals surface area (Å²) in [5.41, 5.74) is 0. The Bertz CT molecular complexity index is 325. The van der Waals surface area contributed by atoms with Gasteiger partial charge in [0.2, 0.25) is 5.91 Å². The van der Waals surface area contributed by atoms with Crippen molar-refractivity contribution in [2.24, 2.45) is 5.92 Å². The van der Waals surface area contributed by atoms with Crippen LogP contribution in [0.3, 0.4) is 0 Å². The van der Waals surface area contributed by atoms with Crippen molar-refractivity contribution in [2.75, 3.05) is 52.6 Å². The lowest BCUT2D eigenvalue weighted by Crippen LogP contribution is -2.54. The van der Waals surface area contributed by atoms with Crippen LogP contribution in [0.15, 0.2) is 0 Å². The number of carbonyl (C=O) groups is 1. The largest absolute Gasteiger partial charge is 0.379 e. The van der Waals surface area contributed by atoms with E-state index >= 15 is 0 Å². The lowest BCUT2D eigenvalue weighted by atomic mass is 9.82. The molecule has 1 amide bonds. The summed E-state index contributed by atoms with van der Waals surface area (Å²) in [4.78, 5) is 17.3. The zero-order chi connectivity index (χ0) is 13.8. The third-order valence-electron chi connectivity index (χ3n) is 4.88. The van der Waals surface area contributed by atoms with Gasteiger partial charge in [-0.1, -0.05) is 12.8 Å². The van der Waals surface area contributed by atoms with Crippen molar-refractivity contribution in [2.45, 2.75) is 31.7 Å². The standard InChI is InChI=1S/C15H26N2O3/c18-15(17-7-11-20-12-8-17)13-3-1-2-4-14(13)16-5-9-19-10-6-16/h13-14H,1-12H2/t13-,14+/m0/s1. The minimum Gasteiger partial charge on any atom is -0.379 e. The van der Waals surface area contributed by atoms with Crippen LogP contribution in [0.5, 0.6) is 0 Å². The van der Waals surface area contributed by atoms with E-state index in [0.29, 0.717) is 25.2 Å². The van der Waals surface area contributed by atoms with Gasteiger partial charge in [-0.05, 0) is 12.8 Å². The molecule has 2 heterocycles. The Morgan fingerprint density at radius 1 is 0.850 bits per heavy atom. The normalized spacial score (nSPS) is 33.1. The van der Waals surface area contributed by atoms with Gasteiger partial charge in [-0.25, -0.2) is 0 Å². The number of morpholine rings is 2. The maximum atomic E-state index is 12.8. The zero-order valence-corrected chi connectivity index (χ0v) is 12.3. The lowest BCUT2D eigenvalue weighted by Gasteiger charge is -2.42. The van der Waals surface area contributed by atoms with Crippen LogP contribution in [0, 0.1) is 5.92 Å². The molecular formula is C15H26N2O3. The molecule has 114 valence electrons. The second-order valence-corrected chi connectivity index (χ2v) is 6.04. The molecular weight excluding hydrogens is 256 g/mol. The van der Waals surface area contributed by atoms with Crippen molar-refractivity contribution >= 4 is 5.91 Å². The van der Waals surface area contributed by atoms with Gasteiger partial charge >= 0.3 is 0 Å². The first-order valence-electron chi connectivity index (χ1n) is 8.04. The molecule has 2 atom stereocenters. The maximum Gasteiger partial charge on any atom is 0.227 e. The summed E-state index contributed by atoms with van der Waals surface area (Å²) in [6, 6.07) is 0.433. The molecule has 0 aromatic rings. The second-order valence-electron chi connectivity index (χ2n) is 6.04. The summed E-state index contributed by atoms with van der Waals surface area (Å²) in [6.45, 7) is 6.52. The molecule has 0 bridgehead atoms. The number of nitrogens with zero attached hydrogens (tertiary/aromatic N) is 2. The second kappa shape index (κ2) is 6.87. The van der Waals surface area contributed by atoms with E-state index in [2.05, 4.69) is 4.90 Å². The van der Waals surface area contributed by atoms with Crippen LogP contribution >= 0.6 is 0 Å². The Hall–Kier alpha value is -0.650. The number of amides is 1. The van der Waals surface area contributed by atoms with Crippen molar-refractivity contribution in [3.8, 4) is 0 Å². The van der Waals surface area contributed by atoms with E-state index in [4.69, 9.17) is 9.47 Å². The molecule has 0 N–H and O–H groups in total. The molecule has 2 saturated heterocycles. The summed E-state index contributed by atoms with van der Waals surface area (Å²) >= 11 is 0. The van der Waals surface area contributed by atoms with Gasteiger partial charge in [0.05, 0.1) is 32.3 Å². The molecule has 5 nitrogen and oxygen atoms in total. The Labute approximate surface area is 121 Å². The van der Waals surface area contributed by atoms with E-state index in [-0.39, 0.29) is 5.92 Å². The van der Waals surface area contributed by atoms with Gasteiger partial charge in [-0.3, -0.25) is 9.69 Å². The predicted molar refractivity (Wildman–Crippen MR) is 75.5 cm³/mol. The van der Waals surface area contributed by atoms with Crippen LogP contribution in [-0.4, -0.2) is 74.4 Å². The van der Waals surface area contributed by atoms with E-state index in [1.807, 2.05) is 4.90 Å². The van der Waals surface area contributed by atoms with Gasteiger partial charge in [0.25, 0.3) is 0 Å². The van der Waals surface area contributed by atoms with E-state index in [9.17, 15) is 4.79 Å². The molecule has 0 radical (unpaired) electrons. The van der Waals surface area contributed by atoms with Gasteiger partial charge in [0.1, 0.15) is 0 Å². The molecule has 0 aromatic carbocycles. The minimum absolute atomic E-state index is 0.194. The van der Waals surface area contributed by atoms with Gasteiger partial charge in [-0.2, -0.15) is 0 Å². The van der Waals surface area contributed by atoms with Crippen LogP contribution < -0.4 is 0 Å². The Kier molecular flexibility index (Phi) is 4.91. The number of hydrogen-bond donors (Lipinski definition) is 0. The topological polar surface area (TPSA) is 42.0 Å². The van der Waals surface area contributed by atoms with Crippen LogP contribution in [0.1, 0.15) is 25.7 Å². The lowest BCUT2D eigenvalue weighted by molar-refractivity contribution is -0.144. The number of carbonyl (C=O) groups excluding carboxylic acids is 1. The van der Waals surface area contributed by atoms with E-state index < -0.39 is 0 Å². The monoisotopic (exact) mass is 282 g/mol. The van der Waals surface area contributed by atoms with Crippen LogP contribution in [0.2, 0.25) is 0 Å². The van der Waals surface area contributed by atoms with Crippen LogP contribution in [0.25, 0.3) is 0 Å². The summed E-state index contributed by atoms with van der Waals surface area (Å²) in [6.07, 6.45) is 4.68. The first-order valence-corrected chi connectivity index (χ1v) is 8.04. The first-order chi connectivity index (χ1) is 9.86. The van der Waals surface area contributed by atoms with E-state index in [0.717, 1.165) is 45.8 Å². The summed E-state index contributed by atoms with van der Waals surface area (Å²) in [5, 5.41) is 0. The van der Waals surface area contributed by atoms with E-state index in [1.165, 1.54) is 19.3 Å². The average molecular weight is 282 g/mol. The van der Waals surface area contributed by atoms with Gasteiger partial charge in [0.15, 0.2) is 0 Å². The highest BCUT2D eigenvalue weighted by atomic mass is 16.5. The SMILES string of the molecule is O=C([C@H]1CCCC[C@H]1N1CCOCC1)N1CCOCC1. The van der Waals surface area contributed by atoms with Gasteiger partial charge in [-0.15, -0.1) is 0 Å². The third kappa shape index (κ3) is 3.15. The van der Waals surface area contributed by atoms with E-state index in [1.54, 1.807) is 0 Å². The number of rotatable bonds is 2. The molecule has 5 heteroatoms. The van der Waals surface area contributed by atoms with Crippen molar-refractivity contribution in [1.82, 2.24) is 9.80 Å². The quantitative estimate of drug-likeness (QED) is 0.749. The fourth-order valence-electron chi connectivity index (χ4n) is 3.76. The fraction of sp³-hybridized carbons (Fsp3) is 0.933. The fourth-order valence-corrected chi connectivity index (χ4v) is 3.76.